The number of hydrogen-bond acceptors (Lipinski definition) is 7. The lowest BCUT2D eigenvalue weighted by Crippen LogP contribution is -2.37. The summed E-state index contributed by atoms with van der Waals surface area (Å²) in [5.41, 5.74) is 0.948. The number of carbonyl (C=O) groups excluding carboxylic acids is 2. The molecule has 0 saturated carbocycles. The van der Waals surface area contributed by atoms with Crippen molar-refractivity contribution in [3.05, 3.63) is 68.8 Å². The van der Waals surface area contributed by atoms with Gasteiger partial charge < -0.3 is 30.8 Å². The fourth-order valence-corrected chi connectivity index (χ4v) is 5.10. The summed E-state index contributed by atoms with van der Waals surface area (Å²) in [5, 5.41) is 19.9. The van der Waals surface area contributed by atoms with Crippen molar-refractivity contribution in [2.24, 2.45) is 0 Å². The van der Waals surface area contributed by atoms with Crippen LogP contribution in [-0.2, 0) is 17.8 Å². The third-order valence-electron chi connectivity index (χ3n) is 6.00. The lowest BCUT2D eigenvalue weighted by atomic mass is 10.1. The number of anilines is 2. The van der Waals surface area contributed by atoms with Gasteiger partial charge in [0.15, 0.2) is 10.6 Å². The Morgan fingerprint density at radius 2 is 1.87 bits per heavy atom. The molecular formula is C26H24ClN5O5S. The van der Waals surface area contributed by atoms with E-state index in [1.165, 1.54) is 43.4 Å². The fraction of sp³-hybridized carbons (Fsp3) is 0.231. The van der Waals surface area contributed by atoms with Crippen LogP contribution in [0.1, 0.15) is 44.7 Å². The molecular weight excluding hydrogens is 530 g/mol. The van der Waals surface area contributed by atoms with Crippen molar-refractivity contribution < 1.29 is 24.2 Å². The summed E-state index contributed by atoms with van der Waals surface area (Å²) in [6.07, 6.45) is 0.740. The zero-order valence-electron chi connectivity index (χ0n) is 20.5. The maximum Gasteiger partial charge on any atom is 0.347 e. The highest BCUT2D eigenvalue weighted by atomic mass is 35.5. The maximum atomic E-state index is 13.1. The molecule has 38 heavy (non-hydrogen) atoms. The first-order valence-electron chi connectivity index (χ1n) is 11.8. The van der Waals surface area contributed by atoms with E-state index in [4.69, 9.17) is 16.3 Å². The normalized spacial score (nSPS) is 13.1. The molecule has 1 aliphatic heterocycles. The minimum absolute atomic E-state index is 0.202. The van der Waals surface area contributed by atoms with E-state index >= 15 is 0 Å². The summed E-state index contributed by atoms with van der Waals surface area (Å²) in [7, 11) is 0. The van der Waals surface area contributed by atoms with Crippen molar-refractivity contribution >= 4 is 63.0 Å². The highest BCUT2D eigenvalue weighted by molar-refractivity contribution is 7.13. The number of thiazole rings is 1. The highest BCUT2D eigenvalue weighted by Crippen LogP contribution is 2.31. The van der Waals surface area contributed by atoms with Crippen LogP contribution in [0.2, 0.25) is 5.02 Å². The van der Waals surface area contributed by atoms with E-state index in [1.807, 2.05) is 0 Å². The van der Waals surface area contributed by atoms with E-state index in [0.29, 0.717) is 28.0 Å². The third-order valence-corrected chi connectivity index (χ3v) is 7.33. The summed E-state index contributed by atoms with van der Waals surface area (Å²) in [6.45, 7) is 4.29. The van der Waals surface area contributed by atoms with Crippen molar-refractivity contribution in [3.8, 4) is 5.75 Å². The number of nitrogens with one attached hydrogen (secondary N) is 4. The smallest absolute Gasteiger partial charge is 0.347 e. The Balaban J connectivity index is 1.44. The van der Waals surface area contributed by atoms with Gasteiger partial charge in [0.25, 0.3) is 11.8 Å². The number of amides is 2. The van der Waals surface area contributed by atoms with Crippen molar-refractivity contribution in [1.29, 1.82) is 0 Å². The van der Waals surface area contributed by atoms with Gasteiger partial charge in [-0.05, 0) is 50.2 Å². The predicted molar refractivity (Wildman–Crippen MR) is 146 cm³/mol. The molecule has 0 spiro atoms. The number of aliphatic carboxylic acids is 1. The van der Waals surface area contributed by atoms with Gasteiger partial charge in [-0.3, -0.25) is 9.59 Å². The third kappa shape index (κ3) is 5.35. The quantitative estimate of drug-likeness (QED) is 0.223. The van der Waals surface area contributed by atoms with Gasteiger partial charge in [0.2, 0.25) is 0 Å². The Labute approximate surface area is 226 Å². The van der Waals surface area contributed by atoms with Crippen LogP contribution in [0.15, 0.2) is 42.5 Å². The largest absolute Gasteiger partial charge is 0.478 e. The van der Waals surface area contributed by atoms with Crippen LogP contribution in [0.3, 0.4) is 0 Å². The zero-order chi connectivity index (χ0) is 27.0. The number of halogens is 1. The molecule has 4 aromatic rings. The Morgan fingerprint density at radius 1 is 1.08 bits per heavy atom. The Hall–Kier alpha value is -3.93. The molecule has 12 heteroatoms. The van der Waals surface area contributed by atoms with Crippen molar-refractivity contribution in [2.75, 3.05) is 17.2 Å². The van der Waals surface area contributed by atoms with Crippen LogP contribution >= 0.6 is 22.9 Å². The molecule has 2 amide bonds. The Morgan fingerprint density at radius 3 is 2.63 bits per heavy atom. The number of fused-ring (bicyclic) bond motifs is 2. The van der Waals surface area contributed by atoms with E-state index in [2.05, 4.69) is 25.9 Å². The fourth-order valence-electron chi connectivity index (χ4n) is 3.95. The van der Waals surface area contributed by atoms with Crippen LogP contribution in [0.5, 0.6) is 5.75 Å². The number of nitrogens with zero attached hydrogens (tertiary/aromatic N) is 1. The second kappa shape index (κ2) is 10.1. The topological polar surface area (TPSA) is 145 Å². The first-order valence-corrected chi connectivity index (χ1v) is 13.0. The molecule has 0 radical (unpaired) electrons. The summed E-state index contributed by atoms with van der Waals surface area (Å²) in [4.78, 5) is 46.3. The molecule has 0 bridgehead atoms. The number of aromatic amines is 1. The molecule has 2 aromatic heterocycles. The number of aromatic nitrogens is 2. The summed E-state index contributed by atoms with van der Waals surface area (Å²) >= 11 is 7.36. The van der Waals surface area contributed by atoms with E-state index < -0.39 is 23.4 Å². The minimum atomic E-state index is -1.51. The van der Waals surface area contributed by atoms with Gasteiger partial charge in [-0.25, -0.2) is 9.78 Å². The Bertz CT molecular complexity index is 1550. The van der Waals surface area contributed by atoms with Crippen molar-refractivity contribution in [2.45, 2.75) is 32.4 Å². The van der Waals surface area contributed by atoms with Gasteiger partial charge >= 0.3 is 5.97 Å². The number of benzene rings is 2. The Kier molecular flexibility index (Phi) is 6.82. The maximum absolute atomic E-state index is 13.1. The molecule has 2 aromatic carbocycles. The van der Waals surface area contributed by atoms with E-state index in [9.17, 15) is 19.5 Å². The number of H-pyrrole nitrogens is 1. The van der Waals surface area contributed by atoms with Gasteiger partial charge in [-0.15, -0.1) is 11.3 Å². The number of hydrogen-bond donors (Lipinski definition) is 5. The number of ether oxygens (including phenoxy) is 1. The number of rotatable bonds is 7. The van der Waals surface area contributed by atoms with Gasteiger partial charge in [0.05, 0.1) is 17.1 Å². The molecule has 0 atom stereocenters. The monoisotopic (exact) mass is 553 g/mol. The number of carboxylic acid groups (broad SMARTS) is 1. The molecule has 0 fully saturated rings. The van der Waals surface area contributed by atoms with Crippen LogP contribution in [0.25, 0.3) is 10.9 Å². The molecule has 3 heterocycles. The highest BCUT2D eigenvalue weighted by Gasteiger charge is 2.30. The molecule has 0 aliphatic carbocycles. The second-order valence-corrected chi connectivity index (χ2v) is 10.8. The summed E-state index contributed by atoms with van der Waals surface area (Å²) in [5.74, 6) is -1.84. The van der Waals surface area contributed by atoms with Gasteiger partial charge in [0.1, 0.15) is 11.4 Å². The van der Waals surface area contributed by atoms with Crippen LogP contribution in [-0.4, -0.2) is 45.0 Å². The molecule has 1 aliphatic rings. The molecule has 5 rings (SSSR count). The predicted octanol–water partition coefficient (Wildman–Crippen LogP) is 4.67. The van der Waals surface area contributed by atoms with Gasteiger partial charge in [-0.2, -0.15) is 0 Å². The van der Waals surface area contributed by atoms with Crippen LogP contribution in [0.4, 0.5) is 11.4 Å². The van der Waals surface area contributed by atoms with E-state index in [-0.39, 0.29) is 11.4 Å². The molecule has 0 saturated heterocycles. The van der Waals surface area contributed by atoms with Crippen LogP contribution < -0.4 is 20.7 Å². The minimum Gasteiger partial charge on any atom is -0.478 e. The standard InChI is InChI=1S/C26H24ClN5O5S/c1-26(2,25(35)36)37-15-4-6-17(30-22(33)20-10-13-9-14(27)3-5-16(13)29-20)19(11-15)31-23(34)24-32-18-7-8-28-12-21(18)38-24/h3-6,9-11,28-29H,7-8,12H2,1-2H3,(H,30,33)(H,31,34)(H,35,36). The average molecular weight is 554 g/mol. The first kappa shape index (κ1) is 25.7. The SMILES string of the molecule is CC(C)(Oc1ccc(NC(=O)c2cc3cc(Cl)ccc3[nH]2)c(NC(=O)c2nc3c(s2)CNCC3)c1)C(=O)O. The lowest BCUT2D eigenvalue weighted by molar-refractivity contribution is -0.152. The van der Waals surface area contributed by atoms with E-state index in [0.717, 1.165) is 34.4 Å². The molecule has 10 nitrogen and oxygen atoms in total. The van der Waals surface area contributed by atoms with Gasteiger partial charge in [0, 0.05) is 46.4 Å². The molecule has 0 unspecified atom stereocenters. The average Bonchev–Trinajstić information content (AvgIpc) is 3.49. The van der Waals surface area contributed by atoms with Crippen molar-refractivity contribution in [3.63, 3.8) is 0 Å². The summed E-state index contributed by atoms with van der Waals surface area (Å²) in [6, 6.07) is 11.5. The zero-order valence-corrected chi connectivity index (χ0v) is 22.0. The number of carbonyl (C=O) groups is 3. The first-order chi connectivity index (χ1) is 18.1. The number of carboxylic acids is 1. The molecule has 196 valence electrons. The van der Waals surface area contributed by atoms with E-state index in [1.54, 1.807) is 24.3 Å². The second-order valence-electron chi connectivity index (χ2n) is 9.26. The molecule has 5 N–H and O–H groups in total. The van der Waals surface area contributed by atoms with Crippen molar-refractivity contribution in [1.82, 2.24) is 15.3 Å². The lowest BCUT2D eigenvalue weighted by Gasteiger charge is -2.22. The summed E-state index contributed by atoms with van der Waals surface area (Å²) < 4.78 is 5.65. The van der Waals surface area contributed by atoms with Crippen LogP contribution in [0, 0.1) is 0 Å². The van der Waals surface area contributed by atoms with Gasteiger partial charge in [-0.1, -0.05) is 11.6 Å².